The number of methoxy groups -OCH3 is 1. The molecular weight excluding hydrogens is 828 g/mol. The summed E-state index contributed by atoms with van der Waals surface area (Å²) in [6.07, 6.45) is 1.80. The number of hydrogen-bond acceptors (Lipinski definition) is 12. The Hall–Kier alpha value is -6.62. The number of fused-ring (bicyclic) bond motifs is 4. The Balaban J connectivity index is 1.32. The van der Waals surface area contributed by atoms with Crippen LogP contribution in [0.4, 0.5) is 28.4 Å². The minimum atomic E-state index is -1.61. The van der Waals surface area contributed by atoms with Crippen molar-refractivity contribution < 1.29 is 38.9 Å². The van der Waals surface area contributed by atoms with Gasteiger partial charge in [-0.3, -0.25) is 44.8 Å². The highest BCUT2D eigenvalue weighted by atomic mass is 79.9. The highest BCUT2D eigenvalue weighted by molar-refractivity contribution is 9.10. The molecule has 4 aromatic carbocycles. The quantitative estimate of drug-likeness (QED) is 0.0796. The number of phenols is 1. The molecule has 0 aromatic heterocycles. The molecule has 4 aliphatic rings. The Kier molecular flexibility index (Phi) is 9.53. The number of nitrogens with zero attached hydrogens (tertiary/aromatic N) is 5. The molecule has 0 radical (unpaired) electrons. The van der Waals surface area contributed by atoms with Crippen LogP contribution in [-0.2, 0) is 24.6 Å². The molecule has 2 heterocycles. The van der Waals surface area contributed by atoms with Crippen LogP contribution in [-0.4, -0.2) is 64.8 Å². The van der Waals surface area contributed by atoms with Gasteiger partial charge < -0.3 is 14.7 Å². The van der Waals surface area contributed by atoms with Crippen LogP contribution in [0.3, 0.4) is 0 Å². The maximum absolute atomic E-state index is 15.4. The second-order valence-electron chi connectivity index (χ2n) is 15.4. The maximum Gasteiger partial charge on any atom is 0.301 e. The average molecular weight is 866 g/mol. The van der Waals surface area contributed by atoms with E-state index in [1.54, 1.807) is 54.6 Å². The Morgan fingerprint density at radius 3 is 2.14 bits per heavy atom. The maximum atomic E-state index is 15.4. The Morgan fingerprint density at radius 1 is 0.898 bits per heavy atom. The van der Waals surface area contributed by atoms with Crippen molar-refractivity contribution in [3.05, 3.63) is 132 Å². The Morgan fingerprint density at radius 2 is 1.54 bits per heavy atom. The van der Waals surface area contributed by atoms with Crippen molar-refractivity contribution in [3.63, 3.8) is 0 Å². The third-order valence-electron chi connectivity index (χ3n) is 12.2. The molecular formula is C42H37BrN6O10. The minimum absolute atomic E-state index is 0.0213. The van der Waals surface area contributed by atoms with Gasteiger partial charge in [0.2, 0.25) is 11.8 Å². The van der Waals surface area contributed by atoms with E-state index < -0.39 is 79.9 Å². The number of aromatic hydroxyl groups is 1. The van der Waals surface area contributed by atoms with Gasteiger partial charge in [-0.05, 0) is 77.0 Å². The number of benzene rings is 4. The average Bonchev–Trinajstić information content (AvgIpc) is 3.59. The Bertz CT molecular complexity index is 2490. The SMILES string of the molecule is COc1cc(C2C3=CCC4C(=O)N(c5cc([N+](=O)[O-])c(N(C)C)c([N+](=O)[O-])c5)C(=O)C4C3CC3C(=O)N(Nc4ccc(C)cc4)C(=O)C32c2ccccc2)cc(Br)c1O. The molecule has 6 atom stereocenters. The molecule has 0 spiro atoms. The molecule has 16 nitrogen and oxygen atoms in total. The second kappa shape index (κ2) is 14.3. The molecule has 3 fully saturated rings. The molecule has 0 bridgehead atoms. The highest BCUT2D eigenvalue weighted by Crippen LogP contribution is 2.65. The topological polar surface area (TPSA) is 206 Å². The zero-order chi connectivity index (χ0) is 42.2. The number of hydrazine groups is 1. The van der Waals surface area contributed by atoms with E-state index in [0.717, 1.165) is 27.6 Å². The van der Waals surface area contributed by atoms with Crippen molar-refractivity contribution >= 4 is 68.0 Å². The summed E-state index contributed by atoms with van der Waals surface area (Å²) < 4.78 is 5.81. The third kappa shape index (κ3) is 5.85. The summed E-state index contributed by atoms with van der Waals surface area (Å²) in [5.41, 5.74) is 2.54. The van der Waals surface area contributed by atoms with Crippen LogP contribution >= 0.6 is 15.9 Å². The number of nitrogens with one attached hydrogen (secondary N) is 1. The number of halogens is 1. The van der Waals surface area contributed by atoms with Gasteiger partial charge in [-0.25, -0.2) is 4.90 Å². The summed E-state index contributed by atoms with van der Waals surface area (Å²) in [6.45, 7) is 1.91. The van der Waals surface area contributed by atoms with Crippen molar-refractivity contribution in [3.8, 4) is 11.5 Å². The van der Waals surface area contributed by atoms with E-state index in [1.807, 2.05) is 25.1 Å². The smallest absolute Gasteiger partial charge is 0.301 e. The molecule has 302 valence electrons. The van der Waals surface area contributed by atoms with Crippen LogP contribution in [0, 0.1) is 50.8 Å². The van der Waals surface area contributed by atoms with Gasteiger partial charge in [-0.1, -0.05) is 59.7 Å². The lowest BCUT2D eigenvalue weighted by molar-refractivity contribution is -0.392. The van der Waals surface area contributed by atoms with Crippen molar-refractivity contribution in [2.45, 2.75) is 31.1 Å². The van der Waals surface area contributed by atoms with Crippen LogP contribution < -0.4 is 20.0 Å². The van der Waals surface area contributed by atoms with Crippen LogP contribution in [0.15, 0.2) is 95.0 Å². The molecule has 1 saturated carbocycles. The highest BCUT2D eigenvalue weighted by Gasteiger charge is 2.70. The summed E-state index contributed by atoms with van der Waals surface area (Å²) in [7, 11) is 4.20. The lowest BCUT2D eigenvalue weighted by Crippen LogP contribution is -2.53. The Labute approximate surface area is 345 Å². The van der Waals surface area contributed by atoms with Crippen molar-refractivity contribution in [2.75, 3.05) is 36.4 Å². The predicted octanol–water partition coefficient (Wildman–Crippen LogP) is 6.54. The summed E-state index contributed by atoms with van der Waals surface area (Å²) in [4.78, 5) is 84.5. The number of nitro benzene ring substituents is 2. The number of allylic oxidation sites excluding steroid dienone is 2. The van der Waals surface area contributed by atoms with Gasteiger partial charge in [0.25, 0.3) is 11.8 Å². The number of hydrogen-bond donors (Lipinski definition) is 2. The fraction of sp³-hybridized carbons (Fsp3) is 0.286. The fourth-order valence-electron chi connectivity index (χ4n) is 9.75. The van der Waals surface area contributed by atoms with E-state index in [-0.39, 0.29) is 40.2 Å². The number of amides is 4. The second-order valence-corrected chi connectivity index (χ2v) is 16.3. The van der Waals surface area contributed by atoms with Gasteiger partial charge in [0.15, 0.2) is 17.2 Å². The first-order valence-electron chi connectivity index (χ1n) is 18.7. The zero-order valence-corrected chi connectivity index (χ0v) is 33.7. The first-order valence-corrected chi connectivity index (χ1v) is 19.5. The molecule has 2 saturated heterocycles. The summed E-state index contributed by atoms with van der Waals surface area (Å²) in [6, 6.07) is 21.3. The van der Waals surface area contributed by atoms with Gasteiger partial charge in [-0.2, -0.15) is 5.01 Å². The fourth-order valence-corrected chi connectivity index (χ4v) is 10.2. The van der Waals surface area contributed by atoms with Crippen LogP contribution in [0.1, 0.15) is 35.4 Å². The van der Waals surface area contributed by atoms with Crippen molar-refractivity contribution in [1.29, 1.82) is 0 Å². The largest absolute Gasteiger partial charge is 0.503 e. The molecule has 6 unspecified atom stereocenters. The van der Waals surface area contributed by atoms with Crippen molar-refractivity contribution in [1.82, 2.24) is 5.01 Å². The van der Waals surface area contributed by atoms with E-state index in [0.29, 0.717) is 22.4 Å². The number of nitro groups is 2. The van der Waals surface area contributed by atoms with E-state index in [1.165, 1.54) is 26.1 Å². The number of anilines is 3. The molecule has 8 rings (SSSR count). The lowest BCUT2D eigenvalue weighted by Gasteiger charge is -2.50. The van der Waals surface area contributed by atoms with Gasteiger partial charge in [0.1, 0.15) is 0 Å². The molecule has 2 aliphatic heterocycles. The summed E-state index contributed by atoms with van der Waals surface area (Å²) >= 11 is 3.44. The number of aryl methyl sites for hydroxylation is 1. The zero-order valence-electron chi connectivity index (χ0n) is 32.1. The number of imide groups is 2. The third-order valence-corrected chi connectivity index (χ3v) is 12.8. The summed E-state index contributed by atoms with van der Waals surface area (Å²) in [5.74, 6) is -7.62. The first-order chi connectivity index (χ1) is 28.1. The van der Waals surface area contributed by atoms with Gasteiger partial charge >= 0.3 is 11.4 Å². The number of carbonyl (C=O) groups is 4. The normalized spacial score (nSPS) is 24.6. The molecule has 59 heavy (non-hydrogen) atoms. The molecule has 2 aliphatic carbocycles. The van der Waals surface area contributed by atoms with Gasteiger partial charge in [-0.15, -0.1) is 0 Å². The minimum Gasteiger partial charge on any atom is -0.503 e. The monoisotopic (exact) mass is 864 g/mol. The van der Waals surface area contributed by atoms with Crippen LogP contribution in [0.2, 0.25) is 0 Å². The van der Waals surface area contributed by atoms with Crippen molar-refractivity contribution in [2.24, 2.45) is 23.7 Å². The van der Waals surface area contributed by atoms with E-state index in [9.17, 15) is 39.7 Å². The van der Waals surface area contributed by atoms with E-state index in [2.05, 4.69) is 21.4 Å². The molecule has 4 aromatic rings. The number of carbonyl (C=O) groups excluding carboxylic acids is 4. The van der Waals surface area contributed by atoms with E-state index >= 15 is 4.79 Å². The lowest BCUT2D eigenvalue weighted by atomic mass is 9.49. The molecule has 4 amide bonds. The first kappa shape index (κ1) is 39.2. The summed E-state index contributed by atoms with van der Waals surface area (Å²) in [5, 5.41) is 36.5. The van der Waals surface area contributed by atoms with Crippen LogP contribution in [0.25, 0.3) is 0 Å². The predicted molar refractivity (Wildman–Crippen MR) is 218 cm³/mol. The van der Waals surface area contributed by atoms with Crippen LogP contribution in [0.5, 0.6) is 11.5 Å². The number of phenolic OH excluding ortho intramolecular Hbond substituents is 1. The number of ether oxygens (including phenoxy) is 1. The van der Waals surface area contributed by atoms with Gasteiger partial charge in [0, 0.05) is 32.1 Å². The standard InChI is InChI=1S/C42H37BrN6O10/c1-21-10-12-24(13-11-21)44-47-39(52)29-20-28-26(35(22-16-30(43)37(50)33(17-22)59-4)42(29,41(47)54)23-8-6-5-7-9-23)14-15-27-34(28)40(53)46(38(27)51)25-18-31(48(55)56)36(45(2)3)32(19-25)49(57)58/h5-14,16-19,27-29,34-35,44,50H,15,20H2,1-4H3. The van der Waals surface area contributed by atoms with Gasteiger partial charge in [0.05, 0.1) is 56.0 Å². The molecule has 2 N–H and O–H groups in total. The van der Waals surface area contributed by atoms with E-state index in [4.69, 9.17) is 4.74 Å². The number of rotatable bonds is 9. The molecule has 17 heteroatoms.